The van der Waals surface area contributed by atoms with E-state index in [2.05, 4.69) is 10.3 Å². The van der Waals surface area contributed by atoms with E-state index in [4.69, 9.17) is 0 Å². The Hall–Kier alpha value is -1.46. The molecule has 1 aromatic rings. The molecule has 0 saturated carbocycles. The average Bonchev–Trinajstić information content (AvgIpc) is 2.36. The van der Waals surface area contributed by atoms with Gasteiger partial charge in [-0.3, -0.25) is 0 Å². The fourth-order valence-corrected chi connectivity index (χ4v) is 1.63. The van der Waals surface area contributed by atoms with Crippen molar-refractivity contribution in [2.75, 3.05) is 23.8 Å². The van der Waals surface area contributed by atoms with Gasteiger partial charge in [0, 0.05) is 19.6 Å². The standard InChI is InChI=1S/C13H20F3N3/c1-5-9(3)19(4)12-8-10(13(14,15)16)7-11(18-12)17-6-2/h7-9H,5-6H2,1-4H3,(H,17,18). The highest BCUT2D eigenvalue weighted by molar-refractivity contribution is 5.51. The maximum absolute atomic E-state index is 12.9. The molecule has 0 spiro atoms. The lowest BCUT2D eigenvalue weighted by Gasteiger charge is -2.26. The number of nitrogens with one attached hydrogen (secondary N) is 1. The highest BCUT2D eigenvalue weighted by Gasteiger charge is 2.32. The van der Waals surface area contributed by atoms with Crippen LogP contribution in [0.2, 0.25) is 0 Å². The van der Waals surface area contributed by atoms with E-state index in [0.717, 1.165) is 18.6 Å². The molecule has 1 heterocycles. The molecule has 0 aliphatic heterocycles. The van der Waals surface area contributed by atoms with Gasteiger partial charge in [-0.05, 0) is 32.4 Å². The summed E-state index contributed by atoms with van der Waals surface area (Å²) in [7, 11) is 1.76. The Morgan fingerprint density at radius 2 is 1.95 bits per heavy atom. The molecular formula is C13H20F3N3. The fourth-order valence-electron chi connectivity index (χ4n) is 1.63. The normalized spacial score (nSPS) is 13.2. The zero-order valence-electron chi connectivity index (χ0n) is 11.7. The molecule has 0 aliphatic rings. The second-order valence-electron chi connectivity index (χ2n) is 4.50. The minimum atomic E-state index is -4.36. The molecule has 1 atom stereocenters. The van der Waals surface area contributed by atoms with Crippen molar-refractivity contribution >= 4 is 11.6 Å². The van der Waals surface area contributed by atoms with Crippen LogP contribution >= 0.6 is 0 Å². The Morgan fingerprint density at radius 1 is 1.32 bits per heavy atom. The number of hydrogen-bond donors (Lipinski definition) is 1. The number of anilines is 2. The van der Waals surface area contributed by atoms with E-state index in [0.29, 0.717) is 12.4 Å². The molecule has 1 rings (SSSR count). The molecule has 0 saturated heterocycles. The molecule has 108 valence electrons. The number of rotatable bonds is 5. The third-order valence-corrected chi connectivity index (χ3v) is 3.11. The highest BCUT2D eigenvalue weighted by Crippen LogP contribution is 2.33. The Labute approximate surface area is 111 Å². The number of halogens is 3. The van der Waals surface area contributed by atoms with Gasteiger partial charge in [0.05, 0.1) is 5.56 Å². The van der Waals surface area contributed by atoms with Gasteiger partial charge < -0.3 is 10.2 Å². The minimum absolute atomic E-state index is 0.130. The van der Waals surface area contributed by atoms with Crippen molar-refractivity contribution in [1.29, 1.82) is 0 Å². The Kier molecular flexibility index (Phi) is 5.03. The zero-order valence-corrected chi connectivity index (χ0v) is 11.7. The third kappa shape index (κ3) is 4.01. The van der Waals surface area contributed by atoms with E-state index in [-0.39, 0.29) is 11.9 Å². The van der Waals surface area contributed by atoms with E-state index in [1.165, 1.54) is 0 Å². The van der Waals surface area contributed by atoms with Crippen molar-refractivity contribution in [3.8, 4) is 0 Å². The summed E-state index contributed by atoms with van der Waals surface area (Å²) in [6.45, 7) is 6.29. The summed E-state index contributed by atoms with van der Waals surface area (Å²) in [5, 5.41) is 2.83. The Balaban J connectivity index is 3.20. The molecule has 0 amide bonds. The molecular weight excluding hydrogens is 255 g/mol. The van der Waals surface area contributed by atoms with Gasteiger partial charge >= 0.3 is 6.18 Å². The number of aromatic nitrogens is 1. The number of nitrogens with zero attached hydrogens (tertiary/aromatic N) is 2. The van der Waals surface area contributed by atoms with Crippen LogP contribution in [0.25, 0.3) is 0 Å². The monoisotopic (exact) mass is 275 g/mol. The minimum Gasteiger partial charge on any atom is -0.370 e. The van der Waals surface area contributed by atoms with Crippen molar-refractivity contribution in [2.45, 2.75) is 39.4 Å². The lowest BCUT2D eigenvalue weighted by atomic mass is 10.2. The van der Waals surface area contributed by atoms with Gasteiger partial charge in [-0.1, -0.05) is 6.92 Å². The van der Waals surface area contributed by atoms with Crippen LogP contribution in [0.4, 0.5) is 24.8 Å². The van der Waals surface area contributed by atoms with Crippen LogP contribution in [0.1, 0.15) is 32.8 Å². The van der Waals surface area contributed by atoms with Crippen molar-refractivity contribution in [2.24, 2.45) is 0 Å². The number of pyridine rings is 1. The first-order valence-corrected chi connectivity index (χ1v) is 6.35. The van der Waals surface area contributed by atoms with Crippen LogP contribution in [0.3, 0.4) is 0 Å². The smallest absolute Gasteiger partial charge is 0.370 e. The highest BCUT2D eigenvalue weighted by atomic mass is 19.4. The van der Waals surface area contributed by atoms with Gasteiger partial charge in [-0.15, -0.1) is 0 Å². The summed E-state index contributed by atoms with van der Waals surface area (Å²) in [5.41, 5.74) is -0.677. The van der Waals surface area contributed by atoms with Crippen LogP contribution in [0.15, 0.2) is 12.1 Å². The second kappa shape index (κ2) is 6.12. The molecule has 6 heteroatoms. The molecule has 1 unspecified atom stereocenters. The SMILES string of the molecule is CCNc1cc(C(F)(F)F)cc(N(C)C(C)CC)n1. The maximum Gasteiger partial charge on any atom is 0.416 e. The van der Waals surface area contributed by atoms with Crippen LogP contribution in [-0.2, 0) is 6.18 Å². The first-order chi connectivity index (χ1) is 8.79. The molecule has 0 fully saturated rings. The molecule has 1 aromatic heterocycles. The van der Waals surface area contributed by atoms with E-state index in [9.17, 15) is 13.2 Å². The first-order valence-electron chi connectivity index (χ1n) is 6.35. The van der Waals surface area contributed by atoms with Crippen molar-refractivity contribution in [3.05, 3.63) is 17.7 Å². The topological polar surface area (TPSA) is 28.2 Å². The first kappa shape index (κ1) is 15.6. The third-order valence-electron chi connectivity index (χ3n) is 3.11. The summed E-state index contributed by atoms with van der Waals surface area (Å²) in [6.07, 6.45) is -3.52. The molecule has 19 heavy (non-hydrogen) atoms. The molecule has 0 bridgehead atoms. The Morgan fingerprint density at radius 3 is 2.42 bits per heavy atom. The van der Waals surface area contributed by atoms with Crippen molar-refractivity contribution in [3.63, 3.8) is 0 Å². The van der Waals surface area contributed by atoms with Gasteiger partial charge in [-0.2, -0.15) is 13.2 Å². The summed E-state index contributed by atoms with van der Waals surface area (Å²) in [6, 6.07) is 2.26. The quantitative estimate of drug-likeness (QED) is 0.886. The van der Waals surface area contributed by atoms with Gasteiger partial charge in [0.1, 0.15) is 11.6 Å². The molecule has 3 nitrogen and oxygen atoms in total. The largest absolute Gasteiger partial charge is 0.416 e. The zero-order chi connectivity index (χ0) is 14.6. The van der Waals surface area contributed by atoms with Gasteiger partial charge in [-0.25, -0.2) is 4.98 Å². The van der Waals surface area contributed by atoms with Gasteiger partial charge in [0.25, 0.3) is 0 Å². The molecule has 1 N–H and O–H groups in total. The summed E-state index contributed by atoms with van der Waals surface area (Å²) in [4.78, 5) is 5.98. The van der Waals surface area contributed by atoms with Crippen LogP contribution in [-0.4, -0.2) is 24.6 Å². The summed E-state index contributed by atoms with van der Waals surface area (Å²) < 4.78 is 38.6. The summed E-state index contributed by atoms with van der Waals surface area (Å²) in [5.74, 6) is 0.586. The Bertz CT molecular complexity index is 418. The lowest BCUT2D eigenvalue weighted by molar-refractivity contribution is -0.137. The molecule has 0 aliphatic carbocycles. The van der Waals surface area contributed by atoms with E-state index in [1.54, 1.807) is 11.9 Å². The van der Waals surface area contributed by atoms with Crippen LogP contribution in [0.5, 0.6) is 0 Å². The predicted octanol–water partition coefficient (Wildman–Crippen LogP) is 3.77. The van der Waals surface area contributed by atoms with Gasteiger partial charge in [0.2, 0.25) is 0 Å². The fraction of sp³-hybridized carbons (Fsp3) is 0.615. The van der Waals surface area contributed by atoms with E-state index < -0.39 is 11.7 Å². The van der Waals surface area contributed by atoms with E-state index >= 15 is 0 Å². The lowest BCUT2D eigenvalue weighted by Crippen LogP contribution is -2.29. The van der Waals surface area contributed by atoms with Crippen molar-refractivity contribution < 1.29 is 13.2 Å². The van der Waals surface area contributed by atoms with Crippen LogP contribution in [0, 0.1) is 0 Å². The van der Waals surface area contributed by atoms with E-state index in [1.807, 2.05) is 20.8 Å². The average molecular weight is 275 g/mol. The predicted molar refractivity (Wildman–Crippen MR) is 71.6 cm³/mol. The summed E-state index contributed by atoms with van der Waals surface area (Å²) >= 11 is 0. The maximum atomic E-state index is 12.9. The van der Waals surface area contributed by atoms with Crippen molar-refractivity contribution in [1.82, 2.24) is 4.98 Å². The van der Waals surface area contributed by atoms with Gasteiger partial charge in [0.15, 0.2) is 0 Å². The van der Waals surface area contributed by atoms with Crippen LogP contribution < -0.4 is 10.2 Å². The molecule has 0 aromatic carbocycles. The second-order valence-corrected chi connectivity index (χ2v) is 4.50. The number of hydrogen-bond acceptors (Lipinski definition) is 3. The molecule has 0 radical (unpaired) electrons. The number of alkyl halides is 3.